The van der Waals surface area contributed by atoms with Gasteiger partial charge in [-0.25, -0.2) is 0 Å². The van der Waals surface area contributed by atoms with E-state index in [1.807, 2.05) is 13.8 Å². The van der Waals surface area contributed by atoms with Gasteiger partial charge in [0.25, 0.3) is 0 Å². The van der Waals surface area contributed by atoms with Crippen LogP contribution < -0.4 is 5.73 Å². The molecule has 0 spiro atoms. The molecule has 0 aromatic carbocycles. The van der Waals surface area contributed by atoms with E-state index >= 15 is 0 Å². The molecule has 0 aliphatic carbocycles. The molecular formula is C7H13N3. The van der Waals surface area contributed by atoms with Gasteiger partial charge in [0.15, 0.2) is 0 Å². The van der Waals surface area contributed by atoms with Crippen LogP contribution >= 0.6 is 0 Å². The van der Waals surface area contributed by atoms with Crippen LogP contribution in [0.1, 0.15) is 13.8 Å². The zero-order valence-electron chi connectivity index (χ0n) is 6.46. The van der Waals surface area contributed by atoms with Crippen molar-refractivity contribution in [1.29, 1.82) is 0 Å². The van der Waals surface area contributed by atoms with Crippen molar-refractivity contribution in [3.63, 3.8) is 0 Å². The number of hydrogen-bond donors (Lipinski definition) is 1. The number of nitrogens with zero attached hydrogens (tertiary/aromatic N) is 2. The summed E-state index contributed by atoms with van der Waals surface area (Å²) in [4.78, 5) is 7.59. The van der Waals surface area contributed by atoms with Crippen LogP contribution in [0.15, 0.2) is 21.3 Å². The molecule has 0 radical (unpaired) electrons. The van der Waals surface area contributed by atoms with E-state index in [-0.39, 0.29) is 0 Å². The average Bonchev–Trinajstić information content (AvgIpc) is 1.98. The molecule has 0 aromatic heterocycles. The average molecular weight is 139 g/mol. The molecule has 56 valence electrons. The Morgan fingerprint density at radius 2 is 2.20 bits per heavy atom. The van der Waals surface area contributed by atoms with Gasteiger partial charge in [-0.1, -0.05) is 0 Å². The van der Waals surface area contributed by atoms with E-state index in [0.29, 0.717) is 6.67 Å². The third-order valence-electron chi connectivity index (χ3n) is 1.20. The van der Waals surface area contributed by atoms with Gasteiger partial charge in [-0.15, -0.1) is 0 Å². The van der Waals surface area contributed by atoms with Crippen LogP contribution in [0, 0.1) is 0 Å². The molecule has 0 fully saturated rings. The summed E-state index contributed by atoms with van der Waals surface area (Å²) in [6, 6.07) is 0. The first-order valence-corrected chi connectivity index (χ1v) is 3.06. The largest absolute Gasteiger partial charge is 0.312 e. The second-order valence-corrected chi connectivity index (χ2v) is 1.92. The van der Waals surface area contributed by atoms with E-state index in [1.54, 1.807) is 6.21 Å². The van der Waals surface area contributed by atoms with Crippen molar-refractivity contribution in [3.8, 4) is 0 Å². The lowest BCUT2D eigenvalue weighted by atomic mass is 10.3. The number of nitrogens with two attached hydrogens (primary N) is 1. The maximum absolute atomic E-state index is 5.15. The minimum Gasteiger partial charge on any atom is -0.312 e. The van der Waals surface area contributed by atoms with Gasteiger partial charge < -0.3 is 5.73 Å². The summed E-state index contributed by atoms with van der Waals surface area (Å²) in [5.74, 6) is 0. The molecule has 0 heterocycles. The Morgan fingerprint density at radius 1 is 1.60 bits per heavy atom. The van der Waals surface area contributed by atoms with E-state index < -0.39 is 0 Å². The molecular weight excluding hydrogens is 126 g/mol. The minimum atomic E-state index is 0.321. The van der Waals surface area contributed by atoms with Crippen molar-refractivity contribution in [2.45, 2.75) is 13.8 Å². The smallest absolute Gasteiger partial charge is 0.0859 e. The minimum absolute atomic E-state index is 0.321. The highest BCUT2D eigenvalue weighted by Crippen LogP contribution is 1.99. The summed E-state index contributed by atoms with van der Waals surface area (Å²) < 4.78 is 0. The molecule has 0 saturated carbocycles. The Kier molecular flexibility index (Phi) is 4.41. The number of hydrogen-bond acceptors (Lipinski definition) is 3. The zero-order chi connectivity index (χ0) is 7.98. The molecule has 0 saturated heterocycles. The third kappa shape index (κ3) is 3.14. The molecule has 0 aliphatic rings. The van der Waals surface area contributed by atoms with Crippen LogP contribution in [0.2, 0.25) is 0 Å². The van der Waals surface area contributed by atoms with Gasteiger partial charge in [0.2, 0.25) is 0 Å². The first kappa shape index (κ1) is 9.04. The van der Waals surface area contributed by atoms with Crippen molar-refractivity contribution < 1.29 is 0 Å². The van der Waals surface area contributed by atoms with Crippen LogP contribution in [-0.2, 0) is 0 Å². The summed E-state index contributed by atoms with van der Waals surface area (Å²) >= 11 is 0. The fourth-order valence-electron chi connectivity index (χ4n) is 0.408. The summed E-state index contributed by atoms with van der Waals surface area (Å²) in [6.45, 7) is 7.51. The standard InChI is InChI=1S/C7H13N3/c1-6(4-10-5-8)7(2)9-3/h4H,3,5,8H2,1-2H3/b7-6-,10-4-. The predicted octanol–water partition coefficient (Wildman–Crippen LogP) is 0.968. The van der Waals surface area contributed by atoms with E-state index in [1.165, 1.54) is 0 Å². The van der Waals surface area contributed by atoms with Gasteiger partial charge in [0.1, 0.15) is 0 Å². The molecule has 3 nitrogen and oxygen atoms in total. The van der Waals surface area contributed by atoms with Gasteiger partial charge >= 0.3 is 0 Å². The fourth-order valence-corrected chi connectivity index (χ4v) is 0.408. The molecule has 3 heteroatoms. The molecule has 0 atom stereocenters. The monoisotopic (exact) mass is 139 g/mol. The third-order valence-corrected chi connectivity index (χ3v) is 1.20. The Balaban J connectivity index is 4.17. The van der Waals surface area contributed by atoms with Crippen molar-refractivity contribution in [2.75, 3.05) is 6.67 Å². The molecule has 0 aliphatic heterocycles. The highest BCUT2D eigenvalue weighted by atomic mass is 14.8. The number of rotatable bonds is 3. The normalized spacial score (nSPS) is 13.5. The van der Waals surface area contributed by atoms with E-state index in [0.717, 1.165) is 11.3 Å². The van der Waals surface area contributed by atoms with Crippen molar-refractivity contribution in [1.82, 2.24) is 0 Å². The Bertz CT molecular complexity index is 168. The van der Waals surface area contributed by atoms with E-state index in [4.69, 9.17) is 5.73 Å². The van der Waals surface area contributed by atoms with Crippen molar-refractivity contribution in [2.24, 2.45) is 15.7 Å². The molecule has 2 N–H and O–H groups in total. The SMILES string of the molecule is C=N/C(C)=C(C)\C=N/CN. The van der Waals surface area contributed by atoms with E-state index in [9.17, 15) is 0 Å². The van der Waals surface area contributed by atoms with Gasteiger partial charge in [0.05, 0.1) is 6.67 Å². The Labute approximate surface area is 61.4 Å². The number of aliphatic imine (C=N–C) groups is 2. The Morgan fingerprint density at radius 3 is 2.60 bits per heavy atom. The van der Waals surface area contributed by atoms with Crippen LogP contribution in [0.25, 0.3) is 0 Å². The topological polar surface area (TPSA) is 50.7 Å². The summed E-state index contributed by atoms with van der Waals surface area (Å²) in [7, 11) is 0. The highest BCUT2D eigenvalue weighted by Gasteiger charge is 1.87. The first-order valence-electron chi connectivity index (χ1n) is 3.06. The van der Waals surface area contributed by atoms with Crippen LogP contribution in [-0.4, -0.2) is 19.6 Å². The van der Waals surface area contributed by atoms with Crippen LogP contribution in [0.4, 0.5) is 0 Å². The van der Waals surface area contributed by atoms with E-state index in [2.05, 4.69) is 16.7 Å². The lowest BCUT2D eigenvalue weighted by Crippen LogP contribution is -1.95. The fraction of sp³-hybridized carbons (Fsp3) is 0.429. The molecule has 0 unspecified atom stereocenters. The molecule has 10 heavy (non-hydrogen) atoms. The lowest BCUT2D eigenvalue weighted by molar-refractivity contribution is 1.07. The second kappa shape index (κ2) is 4.88. The second-order valence-electron chi connectivity index (χ2n) is 1.92. The van der Waals surface area contributed by atoms with Crippen LogP contribution in [0.5, 0.6) is 0 Å². The first-order chi connectivity index (χ1) is 4.72. The Hall–Kier alpha value is -0.960. The van der Waals surface area contributed by atoms with Crippen LogP contribution in [0.3, 0.4) is 0 Å². The predicted molar refractivity (Wildman–Crippen MR) is 45.5 cm³/mol. The van der Waals surface area contributed by atoms with Gasteiger partial charge in [-0.2, -0.15) is 0 Å². The molecule has 0 bridgehead atoms. The molecule has 0 aromatic rings. The number of allylic oxidation sites excluding steroid dienone is 2. The molecule has 0 amide bonds. The maximum atomic E-state index is 5.15. The zero-order valence-corrected chi connectivity index (χ0v) is 6.46. The molecule has 0 rings (SSSR count). The van der Waals surface area contributed by atoms with Gasteiger partial charge in [-0.05, 0) is 26.1 Å². The van der Waals surface area contributed by atoms with Gasteiger partial charge in [0, 0.05) is 11.9 Å². The lowest BCUT2D eigenvalue weighted by Gasteiger charge is -1.93. The van der Waals surface area contributed by atoms with Gasteiger partial charge in [-0.3, -0.25) is 9.98 Å². The van der Waals surface area contributed by atoms with Crippen molar-refractivity contribution in [3.05, 3.63) is 11.3 Å². The summed E-state index contributed by atoms with van der Waals surface area (Å²) in [6.07, 6.45) is 1.70. The highest BCUT2D eigenvalue weighted by molar-refractivity contribution is 5.78. The maximum Gasteiger partial charge on any atom is 0.0859 e. The summed E-state index contributed by atoms with van der Waals surface area (Å²) in [5, 5.41) is 0. The quantitative estimate of drug-likeness (QED) is 0.582. The summed E-state index contributed by atoms with van der Waals surface area (Å²) in [5.41, 5.74) is 7.04. The van der Waals surface area contributed by atoms with Crippen molar-refractivity contribution >= 4 is 12.9 Å².